The van der Waals surface area contributed by atoms with Crippen molar-refractivity contribution < 1.29 is 57.5 Å². The second-order valence-corrected chi connectivity index (χ2v) is 4.89. The molecule has 0 heterocycles. The second-order valence-electron chi connectivity index (χ2n) is 2.98. The predicted octanol–water partition coefficient (Wildman–Crippen LogP) is 4.15. The molecule has 116 valence electrons. The summed E-state index contributed by atoms with van der Waals surface area (Å²) in [7, 11) is -6.07. The van der Waals surface area contributed by atoms with E-state index < -0.39 is 38.8 Å². The summed E-state index contributed by atoms with van der Waals surface area (Å²) in [4.78, 5) is 0. The van der Waals surface area contributed by atoms with Crippen molar-refractivity contribution in [3.8, 4) is 0 Å². The minimum absolute atomic E-state index is 0.397. The molecule has 0 aromatic carbocycles. The predicted molar refractivity (Wildman–Crippen MR) is 37.7 cm³/mol. The molecule has 0 N–H and O–H groups in total. The van der Waals surface area contributed by atoms with E-state index in [1.807, 2.05) is 0 Å². The molecule has 0 saturated heterocycles. The fraction of sp³-hybridized carbons (Fsp3) is 1.00. The molecule has 0 bridgehead atoms. The normalized spacial score (nSPS) is 15.7. The van der Waals surface area contributed by atoms with Crippen molar-refractivity contribution in [1.29, 1.82) is 0 Å². The molecule has 0 aliphatic carbocycles. The fourth-order valence-corrected chi connectivity index (χ4v) is 1.62. The van der Waals surface area contributed by atoms with Crippen LogP contribution in [-0.2, 0) is 13.6 Å². The summed E-state index contributed by atoms with van der Waals surface area (Å²) < 4.78 is 134. The van der Waals surface area contributed by atoms with Crippen LogP contribution in [0.3, 0.4) is 0 Å². The van der Waals surface area contributed by atoms with Gasteiger partial charge in [0.05, 0.1) is 0 Å². The molecular weight excluding hydrogens is 329 g/mol. The molecule has 0 atom stereocenters. The van der Waals surface area contributed by atoms with Gasteiger partial charge in [-0.05, 0) is 0 Å². The summed E-state index contributed by atoms with van der Waals surface area (Å²) in [6.45, 7) is -0.397. The molecule has 0 saturated carbocycles. The number of alkyl halides is 10. The summed E-state index contributed by atoms with van der Waals surface area (Å²) in [6.07, 6.45) is -25.4. The molecule has 0 aromatic heterocycles. The maximum Gasteiger partial charge on any atom is 0.483 e. The molecular formula is C5H3F10O3P. The van der Waals surface area contributed by atoms with E-state index in [1.165, 1.54) is 0 Å². The number of hydrogen-bond acceptors (Lipinski definition) is 3. The van der Waals surface area contributed by atoms with E-state index in [2.05, 4.69) is 9.05 Å². The Labute approximate surface area is 97.5 Å². The van der Waals surface area contributed by atoms with E-state index in [-0.39, 0.29) is 0 Å². The third-order valence-electron chi connectivity index (χ3n) is 1.22. The van der Waals surface area contributed by atoms with Crippen LogP contribution < -0.4 is 0 Å². The maximum absolute atomic E-state index is 12.2. The van der Waals surface area contributed by atoms with Gasteiger partial charge in [-0.25, -0.2) is 9.05 Å². The highest BCUT2D eigenvalue weighted by Gasteiger charge is 2.66. The Balaban J connectivity index is 5.10. The highest BCUT2D eigenvalue weighted by molar-refractivity contribution is 7.53. The minimum Gasteiger partial charge on any atom is -0.260 e. The van der Waals surface area contributed by atoms with Gasteiger partial charge in [0.2, 0.25) is 0 Å². The fourth-order valence-electron chi connectivity index (χ4n) is 0.539. The Morgan fingerprint density at radius 2 is 0.895 bits per heavy atom. The van der Waals surface area contributed by atoms with Crippen LogP contribution in [0.4, 0.5) is 43.9 Å². The molecule has 3 nitrogen and oxygen atoms in total. The van der Waals surface area contributed by atoms with Crippen molar-refractivity contribution in [3.63, 3.8) is 0 Å². The van der Waals surface area contributed by atoms with Crippen LogP contribution in [0.5, 0.6) is 0 Å². The van der Waals surface area contributed by atoms with Crippen LogP contribution >= 0.6 is 7.60 Å². The van der Waals surface area contributed by atoms with Gasteiger partial charge in [-0.1, -0.05) is 0 Å². The average molecular weight is 332 g/mol. The zero-order chi connectivity index (χ0) is 15.9. The van der Waals surface area contributed by atoms with Crippen molar-refractivity contribution in [2.75, 3.05) is 6.66 Å². The number of halogens is 10. The van der Waals surface area contributed by atoms with Gasteiger partial charge in [0.25, 0.3) is 0 Å². The third-order valence-corrected chi connectivity index (χ3v) is 2.34. The Hall–Kier alpha value is -0.550. The largest absolute Gasteiger partial charge is 0.483 e. The van der Waals surface area contributed by atoms with Gasteiger partial charge >= 0.3 is 32.2 Å². The van der Waals surface area contributed by atoms with Crippen molar-refractivity contribution in [2.45, 2.75) is 24.6 Å². The first kappa shape index (κ1) is 18.4. The summed E-state index contributed by atoms with van der Waals surface area (Å²) >= 11 is 0. The van der Waals surface area contributed by atoms with Crippen molar-refractivity contribution in [2.24, 2.45) is 0 Å². The van der Waals surface area contributed by atoms with Gasteiger partial charge < -0.3 is 0 Å². The highest BCUT2D eigenvalue weighted by atomic mass is 31.2. The first-order valence-corrected chi connectivity index (χ1v) is 5.78. The number of hydrogen-bond donors (Lipinski definition) is 0. The lowest BCUT2D eigenvalue weighted by molar-refractivity contribution is -0.381. The van der Waals surface area contributed by atoms with Crippen LogP contribution in [0.15, 0.2) is 0 Å². The first-order chi connectivity index (χ1) is 7.91. The standard InChI is InChI=1S/C5H3F10O3P/c1-19(16,17-4(12,13)2(6,7)8)18-5(14,15)3(9,10)11/h1H3. The lowest BCUT2D eigenvalue weighted by Crippen LogP contribution is -2.41. The van der Waals surface area contributed by atoms with E-state index in [0.29, 0.717) is 0 Å². The maximum atomic E-state index is 12.2. The van der Waals surface area contributed by atoms with Crippen LogP contribution in [-0.4, -0.2) is 31.2 Å². The lowest BCUT2D eigenvalue weighted by Gasteiger charge is -2.26. The smallest absolute Gasteiger partial charge is 0.260 e. The molecule has 0 radical (unpaired) electrons. The van der Waals surface area contributed by atoms with E-state index in [1.54, 1.807) is 0 Å². The van der Waals surface area contributed by atoms with E-state index in [9.17, 15) is 48.5 Å². The van der Waals surface area contributed by atoms with E-state index >= 15 is 0 Å². The summed E-state index contributed by atoms with van der Waals surface area (Å²) in [5.41, 5.74) is 0. The summed E-state index contributed by atoms with van der Waals surface area (Å²) in [6, 6.07) is 0. The third kappa shape index (κ3) is 4.80. The zero-order valence-electron chi connectivity index (χ0n) is 8.45. The van der Waals surface area contributed by atoms with Crippen LogP contribution in [0.25, 0.3) is 0 Å². The Bertz CT molecular complexity index is 338. The van der Waals surface area contributed by atoms with Crippen LogP contribution in [0.2, 0.25) is 0 Å². The molecule has 0 rings (SSSR count). The SMILES string of the molecule is CP(=O)(OC(F)(F)C(F)(F)F)OC(F)(F)C(F)(F)F. The van der Waals surface area contributed by atoms with E-state index in [4.69, 9.17) is 0 Å². The van der Waals surface area contributed by atoms with Gasteiger partial charge in [-0.3, -0.25) is 4.57 Å². The molecule has 0 aliphatic heterocycles. The quantitative estimate of drug-likeness (QED) is 0.573. The van der Waals surface area contributed by atoms with Crippen molar-refractivity contribution in [3.05, 3.63) is 0 Å². The molecule has 0 amide bonds. The first-order valence-electron chi connectivity index (χ1n) is 3.79. The lowest BCUT2D eigenvalue weighted by atomic mass is 10.6. The average Bonchev–Trinajstić information content (AvgIpc) is 1.93. The second kappa shape index (κ2) is 4.77. The van der Waals surface area contributed by atoms with Gasteiger partial charge in [0, 0.05) is 6.66 Å². The highest BCUT2D eigenvalue weighted by Crippen LogP contribution is 2.58. The summed E-state index contributed by atoms with van der Waals surface area (Å²) in [5, 5.41) is 0. The Morgan fingerprint density at radius 1 is 0.684 bits per heavy atom. The number of rotatable bonds is 4. The topological polar surface area (TPSA) is 35.5 Å². The van der Waals surface area contributed by atoms with Crippen molar-refractivity contribution in [1.82, 2.24) is 0 Å². The summed E-state index contributed by atoms with van der Waals surface area (Å²) in [5.74, 6) is 0. The molecule has 0 fully saturated rings. The van der Waals surface area contributed by atoms with Gasteiger partial charge in [0.1, 0.15) is 0 Å². The van der Waals surface area contributed by atoms with Gasteiger partial charge in [0.15, 0.2) is 0 Å². The van der Waals surface area contributed by atoms with Crippen LogP contribution in [0.1, 0.15) is 0 Å². The van der Waals surface area contributed by atoms with E-state index in [0.717, 1.165) is 0 Å². The van der Waals surface area contributed by atoms with Gasteiger partial charge in [-0.15, -0.1) is 0 Å². The Morgan fingerprint density at radius 3 is 1.05 bits per heavy atom. The molecule has 0 aliphatic rings. The molecule has 19 heavy (non-hydrogen) atoms. The monoisotopic (exact) mass is 332 g/mol. The van der Waals surface area contributed by atoms with Crippen molar-refractivity contribution >= 4 is 7.60 Å². The minimum atomic E-state index is -6.48. The molecule has 0 aromatic rings. The van der Waals surface area contributed by atoms with Gasteiger partial charge in [-0.2, -0.15) is 43.9 Å². The zero-order valence-corrected chi connectivity index (χ0v) is 9.35. The van der Waals surface area contributed by atoms with Crippen LogP contribution in [0, 0.1) is 0 Å². The molecule has 0 spiro atoms. The molecule has 0 unspecified atom stereocenters. The Kier molecular flexibility index (Phi) is 4.64. The molecule has 14 heteroatoms.